The molecule has 4 bridgehead atoms. The summed E-state index contributed by atoms with van der Waals surface area (Å²) in [5.74, 6) is -0.694. The lowest BCUT2D eigenvalue weighted by Crippen LogP contribution is -2.57. The Kier molecular flexibility index (Phi) is 3.50. The first kappa shape index (κ1) is 17.2. The smallest absolute Gasteiger partial charge is 0.217 e. The lowest BCUT2D eigenvalue weighted by Gasteiger charge is -2.53. The van der Waals surface area contributed by atoms with Gasteiger partial charge in [-0.2, -0.15) is 0 Å². The van der Waals surface area contributed by atoms with Gasteiger partial charge in [-0.25, -0.2) is 0 Å². The van der Waals surface area contributed by atoms with Crippen molar-refractivity contribution in [2.24, 2.45) is 11.8 Å². The molecule has 1 aromatic rings. The first-order chi connectivity index (χ1) is 11.9. The van der Waals surface area contributed by atoms with Crippen LogP contribution in [0.4, 0.5) is 0 Å². The molecule has 0 aromatic heterocycles. The van der Waals surface area contributed by atoms with E-state index in [1.807, 2.05) is 0 Å². The Morgan fingerprint density at radius 1 is 0.840 bits per heavy atom. The van der Waals surface area contributed by atoms with E-state index >= 15 is 0 Å². The second-order valence-corrected chi connectivity index (χ2v) is 9.50. The van der Waals surface area contributed by atoms with Crippen molar-refractivity contribution in [3.8, 4) is 0 Å². The third-order valence-corrected chi connectivity index (χ3v) is 9.76. The van der Waals surface area contributed by atoms with Crippen molar-refractivity contribution in [2.75, 3.05) is 14.2 Å². The number of ether oxygens (including phenoxy) is 2. The highest BCUT2D eigenvalue weighted by Gasteiger charge is 2.87. The zero-order valence-electron chi connectivity index (χ0n) is 13.9. The van der Waals surface area contributed by atoms with E-state index in [-0.39, 0.29) is 23.7 Å². The molecule has 0 aliphatic heterocycles. The predicted molar refractivity (Wildman–Crippen MR) is 101 cm³/mol. The molecule has 2 nitrogen and oxygen atoms in total. The highest BCUT2D eigenvalue weighted by molar-refractivity contribution is 6.52. The summed E-state index contributed by atoms with van der Waals surface area (Å²) in [6, 6.07) is 8.58. The first-order valence-electron chi connectivity index (χ1n) is 8.53. The fourth-order valence-corrected chi connectivity index (χ4v) is 8.75. The first-order valence-corrected chi connectivity index (χ1v) is 10.0. The molecule has 0 unspecified atom stereocenters. The Labute approximate surface area is 167 Å². The number of methoxy groups -OCH3 is 2. The van der Waals surface area contributed by atoms with Crippen molar-refractivity contribution in [1.29, 1.82) is 0 Å². The molecule has 5 aliphatic rings. The fourth-order valence-electron chi connectivity index (χ4n) is 6.43. The number of hydrogen-bond acceptors (Lipinski definition) is 2. The van der Waals surface area contributed by atoms with Gasteiger partial charge in [-0.1, -0.05) is 47.5 Å². The summed E-state index contributed by atoms with van der Waals surface area (Å²) < 4.78 is 11.8. The average molecular weight is 420 g/mol. The summed E-state index contributed by atoms with van der Waals surface area (Å²) >= 11 is 27.9. The van der Waals surface area contributed by atoms with Crippen LogP contribution in [0.2, 0.25) is 0 Å². The van der Waals surface area contributed by atoms with Crippen LogP contribution in [0.5, 0.6) is 0 Å². The maximum atomic E-state index is 7.28. The molecular formula is C19H18Cl4O2. The third kappa shape index (κ3) is 1.51. The number of benzene rings is 1. The Bertz CT molecular complexity index is 743. The molecule has 0 spiro atoms. The second-order valence-electron chi connectivity index (χ2n) is 7.55. The monoisotopic (exact) mass is 418 g/mol. The van der Waals surface area contributed by atoms with Crippen molar-refractivity contribution in [3.05, 3.63) is 45.5 Å². The van der Waals surface area contributed by atoms with Gasteiger partial charge < -0.3 is 9.47 Å². The minimum absolute atomic E-state index is 0.0233. The van der Waals surface area contributed by atoms with Crippen LogP contribution in [0, 0.1) is 11.8 Å². The number of hydrogen-bond donors (Lipinski definition) is 0. The Hall–Kier alpha value is 0.0400. The van der Waals surface area contributed by atoms with Crippen LogP contribution >= 0.6 is 46.4 Å². The molecule has 134 valence electrons. The van der Waals surface area contributed by atoms with Gasteiger partial charge in [0.05, 0.1) is 10.1 Å². The molecule has 0 radical (unpaired) electrons. The van der Waals surface area contributed by atoms with Crippen LogP contribution in [0.15, 0.2) is 34.3 Å². The summed E-state index contributed by atoms with van der Waals surface area (Å²) in [5, 5.41) is 0.752. The van der Waals surface area contributed by atoms with Gasteiger partial charge in [0.15, 0.2) is 0 Å². The zero-order valence-corrected chi connectivity index (χ0v) is 16.9. The zero-order chi connectivity index (χ0) is 17.8. The van der Waals surface area contributed by atoms with Gasteiger partial charge in [0.1, 0.15) is 9.75 Å². The summed E-state index contributed by atoms with van der Waals surface area (Å²) in [5.41, 5.74) is 2.71. The average Bonchev–Trinajstić information content (AvgIpc) is 2.92. The number of halogens is 4. The Morgan fingerprint density at radius 2 is 1.24 bits per heavy atom. The molecule has 2 fully saturated rings. The lowest BCUT2D eigenvalue weighted by molar-refractivity contribution is -0.220. The van der Waals surface area contributed by atoms with Crippen LogP contribution in [0.1, 0.15) is 35.8 Å². The van der Waals surface area contributed by atoms with Gasteiger partial charge in [-0.3, -0.25) is 0 Å². The Balaban J connectivity index is 1.83. The molecule has 5 aliphatic carbocycles. The SMILES string of the molecule is COC1(OC)[C@@]2(Cl)C(Cl)=C(Cl)[C@]1(Cl)[C@H]1[C@@H]2[C@@H]2CC[C@@H]1c1ccccc12. The quantitative estimate of drug-likeness (QED) is 0.461. The molecule has 0 heterocycles. The van der Waals surface area contributed by atoms with Gasteiger partial charge in [-0.15, -0.1) is 23.2 Å². The second kappa shape index (κ2) is 5.10. The molecule has 6 heteroatoms. The van der Waals surface area contributed by atoms with E-state index in [4.69, 9.17) is 55.9 Å². The maximum Gasteiger partial charge on any atom is 0.217 e. The van der Waals surface area contributed by atoms with E-state index < -0.39 is 15.5 Å². The molecule has 6 rings (SSSR count). The highest BCUT2D eigenvalue weighted by atomic mass is 35.5. The van der Waals surface area contributed by atoms with Crippen molar-refractivity contribution in [2.45, 2.75) is 40.2 Å². The predicted octanol–water partition coefficient (Wildman–Crippen LogP) is 5.55. The number of rotatable bonds is 2. The maximum absolute atomic E-state index is 7.28. The van der Waals surface area contributed by atoms with E-state index in [9.17, 15) is 0 Å². The van der Waals surface area contributed by atoms with Crippen LogP contribution < -0.4 is 0 Å². The van der Waals surface area contributed by atoms with E-state index in [0.29, 0.717) is 10.1 Å². The Morgan fingerprint density at radius 3 is 1.60 bits per heavy atom. The van der Waals surface area contributed by atoms with Gasteiger partial charge in [0.25, 0.3) is 0 Å². The van der Waals surface area contributed by atoms with Crippen LogP contribution in [-0.2, 0) is 9.47 Å². The molecule has 2 saturated carbocycles. The molecule has 0 saturated heterocycles. The summed E-state index contributed by atoms with van der Waals surface area (Å²) in [6.07, 6.45) is 2.13. The van der Waals surface area contributed by atoms with E-state index in [1.165, 1.54) is 11.1 Å². The van der Waals surface area contributed by atoms with Crippen molar-refractivity contribution >= 4 is 46.4 Å². The van der Waals surface area contributed by atoms with Gasteiger partial charge >= 0.3 is 0 Å². The van der Waals surface area contributed by atoms with Crippen molar-refractivity contribution < 1.29 is 9.47 Å². The van der Waals surface area contributed by atoms with Gasteiger partial charge in [0.2, 0.25) is 5.79 Å². The summed E-state index contributed by atoms with van der Waals surface area (Å²) in [6.45, 7) is 0. The third-order valence-electron chi connectivity index (χ3n) is 7.12. The van der Waals surface area contributed by atoms with Crippen molar-refractivity contribution in [3.63, 3.8) is 0 Å². The topological polar surface area (TPSA) is 18.5 Å². The molecule has 0 N–H and O–H groups in total. The molecular weight excluding hydrogens is 402 g/mol. The van der Waals surface area contributed by atoms with Crippen molar-refractivity contribution in [1.82, 2.24) is 0 Å². The molecule has 6 atom stereocenters. The normalized spacial score (nSPS) is 45.7. The number of alkyl halides is 2. The largest absolute Gasteiger partial charge is 0.350 e. The minimum atomic E-state index is -1.28. The van der Waals surface area contributed by atoms with Crippen LogP contribution in [0.25, 0.3) is 0 Å². The fraction of sp³-hybridized carbons (Fsp3) is 0.579. The minimum Gasteiger partial charge on any atom is -0.350 e. The standard InChI is InChI=1S/C19H18Cl4O2/c1-24-19(25-2)17(22)13-11-7-8-12(10-6-4-3-5-9(10)11)14(13)18(19,23)16(21)15(17)20/h3-6,11-14H,7-8H2,1-2H3/t11-,12-,13-,14+,17-,18+/m1/s1. The lowest BCUT2D eigenvalue weighted by atomic mass is 9.53. The molecule has 0 amide bonds. The molecule has 1 aromatic carbocycles. The van der Waals surface area contributed by atoms with Gasteiger partial charge in [-0.05, 0) is 35.8 Å². The highest BCUT2D eigenvalue weighted by Crippen LogP contribution is 2.80. The van der Waals surface area contributed by atoms with E-state index in [1.54, 1.807) is 14.2 Å². The number of fused-ring (bicyclic) bond motifs is 3. The summed E-state index contributed by atoms with van der Waals surface area (Å²) in [7, 11) is 3.15. The van der Waals surface area contributed by atoms with Gasteiger partial charge in [0, 0.05) is 26.1 Å². The van der Waals surface area contributed by atoms with Crippen LogP contribution in [-0.4, -0.2) is 29.8 Å². The molecule has 25 heavy (non-hydrogen) atoms. The van der Waals surface area contributed by atoms with Crippen LogP contribution in [0.3, 0.4) is 0 Å². The summed E-state index contributed by atoms with van der Waals surface area (Å²) in [4.78, 5) is -2.17. The van der Waals surface area contributed by atoms with E-state index in [0.717, 1.165) is 12.8 Å². The van der Waals surface area contributed by atoms with E-state index in [2.05, 4.69) is 24.3 Å².